The number of rotatable bonds is 4. The molecular formula is C16H14N2O4. The van der Waals surface area contributed by atoms with Crippen LogP contribution in [0, 0.1) is 0 Å². The quantitative estimate of drug-likeness (QED) is 0.804. The highest BCUT2D eigenvalue weighted by molar-refractivity contribution is 6.04. The van der Waals surface area contributed by atoms with Crippen LogP contribution in [0.1, 0.15) is 22.0 Å². The molecule has 0 saturated carbocycles. The number of nitrogens with one attached hydrogen (secondary N) is 2. The van der Waals surface area contributed by atoms with Crippen molar-refractivity contribution in [1.82, 2.24) is 10.6 Å². The van der Waals surface area contributed by atoms with Crippen LogP contribution in [0.2, 0.25) is 0 Å². The minimum Gasteiger partial charge on any atom is -0.479 e. The van der Waals surface area contributed by atoms with Crippen molar-refractivity contribution in [1.29, 1.82) is 0 Å². The minimum absolute atomic E-state index is 0.309. The number of hydrogen-bond donors (Lipinski definition) is 3. The number of amides is 3. The number of carbonyl (C=O) groups is 3. The lowest BCUT2D eigenvalue weighted by Gasteiger charge is -2.15. The zero-order valence-electron chi connectivity index (χ0n) is 11.5. The Balaban J connectivity index is 2.03. The highest BCUT2D eigenvalue weighted by Gasteiger charge is 2.22. The van der Waals surface area contributed by atoms with Crippen molar-refractivity contribution < 1.29 is 19.5 Å². The number of carbonyl (C=O) groups excluding carboxylic acids is 2. The smallest absolute Gasteiger partial charge is 0.330 e. The Kier molecular flexibility index (Phi) is 4.87. The van der Waals surface area contributed by atoms with Crippen LogP contribution >= 0.6 is 0 Å². The summed E-state index contributed by atoms with van der Waals surface area (Å²) in [5.74, 6) is -1.82. The summed E-state index contributed by atoms with van der Waals surface area (Å²) in [5.41, 5.74) is 0.724. The Morgan fingerprint density at radius 1 is 0.864 bits per heavy atom. The van der Waals surface area contributed by atoms with Crippen LogP contribution in [0.3, 0.4) is 0 Å². The average Bonchev–Trinajstić information content (AvgIpc) is 2.54. The van der Waals surface area contributed by atoms with E-state index in [4.69, 9.17) is 0 Å². The second kappa shape index (κ2) is 7.03. The van der Waals surface area contributed by atoms with Crippen molar-refractivity contribution in [2.75, 3.05) is 0 Å². The van der Waals surface area contributed by atoms with E-state index in [1.165, 1.54) is 0 Å². The number of urea groups is 1. The number of imide groups is 1. The summed E-state index contributed by atoms with van der Waals surface area (Å²) in [6.45, 7) is 0. The molecule has 6 nitrogen and oxygen atoms in total. The number of aliphatic carboxylic acids is 1. The lowest BCUT2D eigenvalue weighted by atomic mass is 10.1. The molecule has 0 aliphatic carbocycles. The molecular weight excluding hydrogens is 284 g/mol. The predicted octanol–water partition coefficient (Wildman–Crippen LogP) is 1.95. The van der Waals surface area contributed by atoms with Crippen molar-refractivity contribution in [3.63, 3.8) is 0 Å². The van der Waals surface area contributed by atoms with Crippen LogP contribution in [-0.2, 0) is 4.79 Å². The van der Waals surface area contributed by atoms with Gasteiger partial charge in [-0.1, -0.05) is 48.5 Å². The highest BCUT2D eigenvalue weighted by Crippen LogP contribution is 2.12. The Morgan fingerprint density at radius 3 is 1.95 bits per heavy atom. The molecule has 0 radical (unpaired) electrons. The lowest BCUT2D eigenvalue weighted by Crippen LogP contribution is -2.43. The summed E-state index contributed by atoms with van der Waals surface area (Å²) in [6.07, 6.45) is 0. The predicted molar refractivity (Wildman–Crippen MR) is 79.3 cm³/mol. The van der Waals surface area contributed by atoms with Crippen LogP contribution in [0.4, 0.5) is 4.79 Å². The van der Waals surface area contributed by atoms with E-state index >= 15 is 0 Å². The van der Waals surface area contributed by atoms with Crippen LogP contribution < -0.4 is 10.6 Å². The Morgan fingerprint density at radius 2 is 1.41 bits per heavy atom. The molecule has 1 unspecified atom stereocenters. The topological polar surface area (TPSA) is 95.5 Å². The molecule has 0 aliphatic rings. The minimum atomic E-state index is -1.23. The highest BCUT2D eigenvalue weighted by atomic mass is 16.4. The Bertz CT molecular complexity index is 671. The number of benzene rings is 2. The first-order valence-corrected chi connectivity index (χ1v) is 6.52. The molecule has 3 amide bonds. The molecule has 2 aromatic rings. The maximum absolute atomic E-state index is 11.8. The summed E-state index contributed by atoms with van der Waals surface area (Å²) in [7, 11) is 0. The van der Waals surface area contributed by atoms with Crippen molar-refractivity contribution >= 4 is 17.9 Å². The maximum atomic E-state index is 11.8. The van der Waals surface area contributed by atoms with E-state index in [2.05, 4.69) is 10.6 Å². The van der Waals surface area contributed by atoms with E-state index in [0.717, 1.165) is 0 Å². The van der Waals surface area contributed by atoms with E-state index < -0.39 is 23.9 Å². The fourth-order valence-electron chi connectivity index (χ4n) is 1.87. The molecule has 0 fully saturated rings. The third kappa shape index (κ3) is 3.92. The van der Waals surface area contributed by atoms with E-state index in [1.54, 1.807) is 60.7 Å². The zero-order chi connectivity index (χ0) is 15.9. The second-order valence-corrected chi connectivity index (χ2v) is 4.48. The van der Waals surface area contributed by atoms with E-state index in [0.29, 0.717) is 11.1 Å². The Labute approximate surface area is 126 Å². The molecule has 6 heteroatoms. The normalized spacial score (nSPS) is 11.3. The van der Waals surface area contributed by atoms with Crippen molar-refractivity contribution in [2.45, 2.75) is 6.04 Å². The summed E-state index contributed by atoms with van der Waals surface area (Å²) in [5, 5.41) is 13.6. The van der Waals surface area contributed by atoms with Gasteiger partial charge in [-0.05, 0) is 17.7 Å². The molecule has 1 atom stereocenters. The molecule has 2 rings (SSSR count). The summed E-state index contributed by atoms with van der Waals surface area (Å²) < 4.78 is 0. The van der Waals surface area contributed by atoms with E-state index in [-0.39, 0.29) is 0 Å². The molecule has 0 aliphatic heterocycles. The summed E-state index contributed by atoms with van der Waals surface area (Å²) in [4.78, 5) is 34.9. The van der Waals surface area contributed by atoms with E-state index in [1.807, 2.05) is 0 Å². The molecule has 112 valence electrons. The molecule has 0 heterocycles. The van der Waals surface area contributed by atoms with Gasteiger partial charge in [0.25, 0.3) is 5.91 Å². The SMILES string of the molecule is O=C(NC(=O)c1ccccc1)NC(C(=O)O)c1ccccc1. The van der Waals surface area contributed by atoms with Crippen molar-refractivity contribution in [3.05, 3.63) is 71.8 Å². The fraction of sp³-hybridized carbons (Fsp3) is 0.0625. The van der Waals surface area contributed by atoms with Gasteiger partial charge in [0.05, 0.1) is 0 Å². The van der Waals surface area contributed by atoms with Gasteiger partial charge >= 0.3 is 12.0 Å². The second-order valence-electron chi connectivity index (χ2n) is 4.48. The molecule has 22 heavy (non-hydrogen) atoms. The number of carboxylic acid groups (broad SMARTS) is 1. The van der Waals surface area contributed by atoms with Gasteiger partial charge in [0, 0.05) is 5.56 Å². The summed E-state index contributed by atoms with van der Waals surface area (Å²) in [6, 6.07) is 14.3. The van der Waals surface area contributed by atoms with Crippen LogP contribution in [0.15, 0.2) is 60.7 Å². The number of hydrogen-bond acceptors (Lipinski definition) is 3. The van der Waals surface area contributed by atoms with Crippen LogP contribution in [0.25, 0.3) is 0 Å². The zero-order valence-corrected chi connectivity index (χ0v) is 11.5. The van der Waals surface area contributed by atoms with Gasteiger partial charge in [0.2, 0.25) is 0 Å². The molecule has 0 aromatic heterocycles. The Hall–Kier alpha value is -3.15. The summed E-state index contributed by atoms with van der Waals surface area (Å²) >= 11 is 0. The third-order valence-corrected chi connectivity index (χ3v) is 2.92. The molecule has 2 aromatic carbocycles. The van der Waals surface area contributed by atoms with Gasteiger partial charge < -0.3 is 10.4 Å². The standard InChI is InChI=1S/C16H14N2O4/c19-14(12-9-5-2-6-10-12)18-16(22)17-13(15(20)21)11-7-3-1-4-8-11/h1-10,13H,(H,20,21)(H2,17,18,19,22). The molecule has 0 saturated heterocycles. The van der Waals surface area contributed by atoms with Crippen molar-refractivity contribution in [3.8, 4) is 0 Å². The maximum Gasteiger partial charge on any atom is 0.330 e. The van der Waals surface area contributed by atoms with Gasteiger partial charge in [-0.2, -0.15) is 0 Å². The monoisotopic (exact) mass is 298 g/mol. The first kappa shape index (κ1) is 15.2. The van der Waals surface area contributed by atoms with Crippen molar-refractivity contribution in [2.24, 2.45) is 0 Å². The number of carboxylic acids is 1. The van der Waals surface area contributed by atoms with Gasteiger partial charge in [-0.3, -0.25) is 10.1 Å². The van der Waals surface area contributed by atoms with Gasteiger partial charge in [0.1, 0.15) is 0 Å². The lowest BCUT2D eigenvalue weighted by molar-refractivity contribution is -0.139. The first-order chi connectivity index (χ1) is 10.6. The average molecular weight is 298 g/mol. The van der Waals surface area contributed by atoms with Gasteiger partial charge in [0.15, 0.2) is 6.04 Å². The van der Waals surface area contributed by atoms with Crippen LogP contribution in [-0.4, -0.2) is 23.0 Å². The largest absolute Gasteiger partial charge is 0.479 e. The van der Waals surface area contributed by atoms with Gasteiger partial charge in [-0.15, -0.1) is 0 Å². The third-order valence-electron chi connectivity index (χ3n) is 2.92. The first-order valence-electron chi connectivity index (χ1n) is 6.52. The van der Waals surface area contributed by atoms with Gasteiger partial charge in [-0.25, -0.2) is 9.59 Å². The molecule has 0 spiro atoms. The fourth-order valence-corrected chi connectivity index (χ4v) is 1.87. The molecule has 0 bridgehead atoms. The molecule has 3 N–H and O–H groups in total. The van der Waals surface area contributed by atoms with Crippen LogP contribution in [0.5, 0.6) is 0 Å². The van der Waals surface area contributed by atoms with E-state index in [9.17, 15) is 19.5 Å².